The molecule has 0 aliphatic carbocycles. The van der Waals surface area contributed by atoms with Gasteiger partial charge in [0.2, 0.25) is 5.91 Å². The Bertz CT molecular complexity index is 596. The molecule has 156 valence electrons. The number of carbonyl (C=O) groups is 1. The first-order valence-corrected chi connectivity index (χ1v) is 11.0. The van der Waals surface area contributed by atoms with Gasteiger partial charge in [-0.3, -0.25) is 14.6 Å². The lowest BCUT2D eigenvalue weighted by atomic mass is 9.93. The minimum Gasteiger partial charge on any atom is -0.383 e. The fourth-order valence-electron chi connectivity index (χ4n) is 4.55. The smallest absolute Gasteiger partial charge is 0.224 e. The van der Waals surface area contributed by atoms with E-state index in [0.717, 1.165) is 52.0 Å². The van der Waals surface area contributed by atoms with Gasteiger partial charge in [-0.25, -0.2) is 0 Å². The lowest BCUT2D eigenvalue weighted by Crippen LogP contribution is -2.50. The average molecular weight is 388 g/mol. The van der Waals surface area contributed by atoms with Gasteiger partial charge in [0.1, 0.15) is 0 Å². The van der Waals surface area contributed by atoms with Gasteiger partial charge in [-0.1, -0.05) is 31.2 Å². The van der Waals surface area contributed by atoms with Crippen molar-refractivity contribution in [3.8, 4) is 0 Å². The highest BCUT2D eigenvalue weighted by Gasteiger charge is 2.31. The van der Waals surface area contributed by atoms with Gasteiger partial charge < -0.3 is 10.1 Å². The number of ether oxygens (including phenoxy) is 1. The molecule has 1 atom stereocenters. The molecular formula is C23H37N3O2. The molecule has 1 aromatic rings. The van der Waals surface area contributed by atoms with Crippen LogP contribution in [0, 0.1) is 5.92 Å². The number of amides is 1. The van der Waals surface area contributed by atoms with E-state index in [1.807, 2.05) is 0 Å². The van der Waals surface area contributed by atoms with E-state index in [1.54, 1.807) is 7.11 Å². The number of hydrogen-bond acceptors (Lipinski definition) is 4. The van der Waals surface area contributed by atoms with Crippen LogP contribution >= 0.6 is 0 Å². The van der Waals surface area contributed by atoms with Crippen molar-refractivity contribution in [3.63, 3.8) is 0 Å². The fraction of sp³-hybridized carbons (Fsp3) is 0.696. The van der Waals surface area contributed by atoms with Crippen molar-refractivity contribution in [2.75, 3.05) is 46.4 Å². The van der Waals surface area contributed by atoms with E-state index in [9.17, 15) is 4.79 Å². The number of aryl methyl sites for hydroxylation is 1. The molecule has 2 saturated heterocycles. The Hall–Kier alpha value is -1.43. The number of carbonyl (C=O) groups excluding carboxylic acids is 1. The summed E-state index contributed by atoms with van der Waals surface area (Å²) in [6.07, 6.45) is 5.68. The molecule has 0 aromatic heterocycles. The van der Waals surface area contributed by atoms with Crippen molar-refractivity contribution in [1.29, 1.82) is 0 Å². The number of likely N-dealkylation sites (tertiary alicyclic amines) is 2. The minimum atomic E-state index is 0.140. The molecule has 2 heterocycles. The predicted molar refractivity (Wildman–Crippen MR) is 113 cm³/mol. The van der Waals surface area contributed by atoms with Gasteiger partial charge in [0.05, 0.1) is 12.5 Å². The van der Waals surface area contributed by atoms with Crippen LogP contribution in [0.1, 0.15) is 43.7 Å². The quantitative estimate of drug-likeness (QED) is 0.697. The second kappa shape index (κ2) is 10.9. The first kappa shape index (κ1) is 21.3. The molecule has 1 N–H and O–H groups in total. The Balaban J connectivity index is 1.42. The first-order valence-electron chi connectivity index (χ1n) is 11.0. The van der Waals surface area contributed by atoms with Crippen LogP contribution in [0.15, 0.2) is 24.3 Å². The zero-order valence-corrected chi connectivity index (χ0v) is 17.7. The second-order valence-electron chi connectivity index (χ2n) is 8.30. The summed E-state index contributed by atoms with van der Waals surface area (Å²) in [6.45, 7) is 8.83. The predicted octanol–water partition coefficient (Wildman–Crippen LogP) is 2.69. The second-order valence-corrected chi connectivity index (χ2v) is 8.30. The van der Waals surface area contributed by atoms with E-state index in [2.05, 4.69) is 46.3 Å². The van der Waals surface area contributed by atoms with Crippen LogP contribution in [-0.4, -0.2) is 68.2 Å². The normalized spacial score (nSPS) is 22.3. The third-order valence-electron chi connectivity index (χ3n) is 6.34. The largest absolute Gasteiger partial charge is 0.383 e. The molecular weight excluding hydrogens is 350 g/mol. The molecule has 28 heavy (non-hydrogen) atoms. The van der Waals surface area contributed by atoms with Gasteiger partial charge in [-0.15, -0.1) is 0 Å². The topological polar surface area (TPSA) is 44.8 Å². The molecule has 1 aromatic carbocycles. The Morgan fingerprint density at radius 2 is 1.82 bits per heavy atom. The average Bonchev–Trinajstić information content (AvgIpc) is 2.75. The van der Waals surface area contributed by atoms with Gasteiger partial charge in [0.25, 0.3) is 0 Å². The Labute approximate surface area is 170 Å². The van der Waals surface area contributed by atoms with E-state index < -0.39 is 0 Å². The van der Waals surface area contributed by atoms with Crippen LogP contribution in [0.5, 0.6) is 0 Å². The lowest BCUT2D eigenvalue weighted by molar-refractivity contribution is -0.127. The number of rotatable bonds is 8. The molecule has 0 spiro atoms. The number of nitrogens with one attached hydrogen (secondary N) is 1. The number of benzene rings is 1. The van der Waals surface area contributed by atoms with Gasteiger partial charge in [-0.2, -0.15) is 0 Å². The number of methoxy groups -OCH3 is 1. The van der Waals surface area contributed by atoms with Gasteiger partial charge in [0.15, 0.2) is 0 Å². The monoisotopic (exact) mass is 387 g/mol. The van der Waals surface area contributed by atoms with Crippen LogP contribution in [0.25, 0.3) is 0 Å². The highest BCUT2D eigenvalue weighted by atomic mass is 16.5. The molecule has 0 bridgehead atoms. The van der Waals surface area contributed by atoms with Crippen molar-refractivity contribution in [1.82, 2.24) is 15.1 Å². The summed E-state index contributed by atoms with van der Waals surface area (Å²) in [7, 11) is 1.67. The van der Waals surface area contributed by atoms with E-state index >= 15 is 0 Å². The Kier molecular flexibility index (Phi) is 8.31. The van der Waals surface area contributed by atoms with Crippen molar-refractivity contribution in [3.05, 3.63) is 35.4 Å². The summed E-state index contributed by atoms with van der Waals surface area (Å²) in [5.41, 5.74) is 2.83. The van der Waals surface area contributed by atoms with Crippen LogP contribution < -0.4 is 5.32 Å². The van der Waals surface area contributed by atoms with Gasteiger partial charge >= 0.3 is 0 Å². The highest BCUT2D eigenvalue weighted by Crippen LogP contribution is 2.24. The van der Waals surface area contributed by atoms with Crippen molar-refractivity contribution < 1.29 is 9.53 Å². The molecule has 2 aliphatic heterocycles. The maximum absolute atomic E-state index is 12.4. The van der Waals surface area contributed by atoms with Gasteiger partial charge in [-0.05, 0) is 62.9 Å². The molecule has 0 unspecified atom stereocenters. The van der Waals surface area contributed by atoms with Crippen LogP contribution in [0.4, 0.5) is 0 Å². The number of nitrogens with zero attached hydrogens (tertiary/aromatic N) is 2. The lowest BCUT2D eigenvalue weighted by Gasteiger charge is -2.42. The maximum Gasteiger partial charge on any atom is 0.224 e. The standard InChI is InChI=1S/C23H37N3O2/c1-3-19-6-8-20(9-7-19)17-25-14-10-22(11-15-25)26-13-4-5-21(18-26)23(27)24-12-16-28-2/h6-9,21-22H,3-5,10-18H2,1-2H3,(H,24,27)/t21-/m1/s1. The minimum absolute atomic E-state index is 0.140. The van der Waals surface area contributed by atoms with E-state index in [1.165, 1.54) is 24.0 Å². The van der Waals surface area contributed by atoms with Crippen LogP contribution in [0.2, 0.25) is 0 Å². The third kappa shape index (κ3) is 6.03. The Morgan fingerprint density at radius 1 is 1.11 bits per heavy atom. The summed E-state index contributed by atoms with van der Waals surface area (Å²) in [5.74, 6) is 0.343. The summed E-state index contributed by atoms with van der Waals surface area (Å²) < 4.78 is 5.03. The van der Waals surface area contributed by atoms with Gasteiger partial charge in [0, 0.05) is 32.8 Å². The number of piperidine rings is 2. The van der Waals surface area contributed by atoms with E-state index in [-0.39, 0.29) is 11.8 Å². The van der Waals surface area contributed by atoms with Crippen molar-refractivity contribution in [2.24, 2.45) is 5.92 Å². The molecule has 2 aliphatic rings. The van der Waals surface area contributed by atoms with Crippen LogP contribution in [0.3, 0.4) is 0 Å². The number of hydrogen-bond donors (Lipinski definition) is 1. The fourth-order valence-corrected chi connectivity index (χ4v) is 4.55. The molecule has 5 nitrogen and oxygen atoms in total. The zero-order chi connectivity index (χ0) is 19.8. The summed E-state index contributed by atoms with van der Waals surface area (Å²) in [4.78, 5) is 17.6. The SMILES string of the molecule is CCc1ccc(CN2CCC(N3CCC[C@@H](C(=O)NCCOC)C3)CC2)cc1. The molecule has 3 rings (SSSR count). The zero-order valence-electron chi connectivity index (χ0n) is 17.7. The Morgan fingerprint density at radius 3 is 2.50 bits per heavy atom. The van der Waals surface area contributed by atoms with Crippen molar-refractivity contribution in [2.45, 2.75) is 51.6 Å². The molecule has 2 fully saturated rings. The summed E-state index contributed by atoms with van der Waals surface area (Å²) >= 11 is 0. The van der Waals surface area contributed by atoms with Crippen molar-refractivity contribution >= 4 is 5.91 Å². The molecule has 0 saturated carbocycles. The summed E-state index contributed by atoms with van der Waals surface area (Å²) in [5, 5.41) is 3.02. The highest BCUT2D eigenvalue weighted by molar-refractivity contribution is 5.78. The first-order chi connectivity index (χ1) is 13.7. The van der Waals surface area contributed by atoms with Crippen LogP contribution in [-0.2, 0) is 22.5 Å². The molecule has 5 heteroatoms. The summed E-state index contributed by atoms with van der Waals surface area (Å²) in [6, 6.07) is 9.71. The molecule has 0 radical (unpaired) electrons. The van der Waals surface area contributed by atoms with E-state index in [4.69, 9.17) is 4.74 Å². The third-order valence-corrected chi connectivity index (χ3v) is 6.34. The molecule has 1 amide bonds. The maximum atomic E-state index is 12.4. The van der Waals surface area contributed by atoms with E-state index in [0.29, 0.717) is 19.2 Å².